The Balaban J connectivity index is 2.23. The number of fused-ring (bicyclic) bond motifs is 1. The number of hydrogen-bond acceptors (Lipinski definition) is 2. The summed E-state index contributed by atoms with van der Waals surface area (Å²) in [4.78, 5) is 0. The fourth-order valence-corrected chi connectivity index (χ4v) is 2.57. The highest BCUT2D eigenvalue weighted by molar-refractivity contribution is 7.99. The molecule has 1 unspecified atom stereocenters. The van der Waals surface area contributed by atoms with E-state index in [2.05, 4.69) is 49.4 Å². The van der Waals surface area contributed by atoms with E-state index in [-0.39, 0.29) is 0 Å². The Morgan fingerprint density at radius 1 is 1.12 bits per heavy atom. The third-order valence-electron chi connectivity index (χ3n) is 2.74. The Morgan fingerprint density at radius 2 is 1.88 bits per heavy atom. The second-order valence-electron chi connectivity index (χ2n) is 4.00. The highest BCUT2D eigenvalue weighted by Gasteiger charge is 2.03. The first-order valence-electron chi connectivity index (χ1n) is 5.59. The standard InChI is InChI=1S/C14H17NS/c1-11(9-15)16-10-13-7-4-6-12-5-2-3-8-14(12)13/h2-8,11H,9-10,15H2,1H3. The number of hydrogen-bond donors (Lipinski definition) is 1. The summed E-state index contributed by atoms with van der Waals surface area (Å²) < 4.78 is 0. The zero-order chi connectivity index (χ0) is 11.4. The average Bonchev–Trinajstić information content (AvgIpc) is 2.35. The maximum Gasteiger partial charge on any atom is 0.0193 e. The van der Waals surface area contributed by atoms with E-state index in [0.717, 1.165) is 12.3 Å². The van der Waals surface area contributed by atoms with Crippen LogP contribution in [0.2, 0.25) is 0 Å². The summed E-state index contributed by atoms with van der Waals surface area (Å²) >= 11 is 1.92. The van der Waals surface area contributed by atoms with Crippen LogP contribution >= 0.6 is 11.8 Å². The number of benzene rings is 2. The predicted octanol–water partition coefficient (Wildman–Crippen LogP) is 3.42. The van der Waals surface area contributed by atoms with Crippen LogP contribution in [0.4, 0.5) is 0 Å². The summed E-state index contributed by atoms with van der Waals surface area (Å²) in [6, 6.07) is 15.0. The van der Waals surface area contributed by atoms with Crippen molar-refractivity contribution < 1.29 is 0 Å². The van der Waals surface area contributed by atoms with Crippen LogP contribution in [0.3, 0.4) is 0 Å². The lowest BCUT2D eigenvalue weighted by Crippen LogP contribution is -2.12. The smallest absolute Gasteiger partial charge is 0.0193 e. The molecular formula is C14H17NS. The molecule has 0 aliphatic rings. The molecule has 0 radical (unpaired) electrons. The van der Waals surface area contributed by atoms with Crippen molar-refractivity contribution in [3.63, 3.8) is 0 Å². The minimum atomic E-state index is 0.527. The monoisotopic (exact) mass is 231 g/mol. The van der Waals surface area contributed by atoms with Gasteiger partial charge in [0.2, 0.25) is 0 Å². The van der Waals surface area contributed by atoms with Gasteiger partial charge in [-0.15, -0.1) is 0 Å². The van der Waals surface area contributed by atoms with Gasteiger partial charge in [-0.2, -0.15) is 11.8 Å². The molecule has 0 fully saturated rings. The number of rotatable bonds is 4. The maximum absolute atomic E-state index is 5.63. The van der Waals surface area contributed by atoms with Crippen LogP contribution in [0.15, 0.2) is 42.5 Å². The molecule has 2 aromatic rings. The van der Waals surface area contributed by atoms with Crippen molar-refractivity contribution >= 4 is 22.5 Å². The molecule has 84 valence electrons. The van der Waals surface area contributed by atoms with Gasteiger partial charge in [-0.3, -0.25) is 0 Å². The minimum Gasteiger partial charge on any atom is -0.329 e. The molecule has 0 saturated carbocycles. The highest BCUT2D eigenvalue weighted by Crippen LogP contribution is 2.24. The molecule has 2 aromatic carbocycles. The van der Waals surface area contributed by atoms with Crippen LogP contribution in [0, 0.1) is 0 Å². The first kappa shape index (κ1) is 11.5. The van der Waals surface area contributed by atoms with Gasteiger partial charge in [-0.1, -0.05) is 49.4 Å². The topological polar surface area (TPSA) is 26.0 Å². The summed E-state index contributed by atoms with van der Waals surface area (Å²) in [6.07, 6.45) is 0. The fourth-order valence-electron chi connectivity index (χ4n) is 1.72. The molecule has 0 saturated heterocycles. The van der Waals surface area contributed by atoms with Gasteiger partial charge in [0.25, 0.3) is 0 Å². The Kier molecular flexibility index (Phi) is 3.86. The Morgan fingerprint density at radius 3 is 2.69 bits per heavy atom. The van der Waals surface area contributed by atoms with Crippen molar-refractivity contribution in [3.05, 3.63) is 48.0 Å². The van der Waals surface area contributed by atoms with Crippen LogP contribution in [0.25, 0.3) is 10.8 Å². The van der Waals surface area contributed by atoms with Crippen LogP contribution in [0.1, 0.15) is 12.5 Å². The highest BCUT2D eigenvalue weighted by atomic mass is 32.2. The van der Waals surface area contributed by atoms with Crippen molar-refractivity contribution in [2.24, 2.45) is 5.73 Å². The number of nitrogens with two attached hydrogens (primary N) is 1. The second kappa shape index (κ2) is 5.37. The zero-order valence-electron chi connectivity index (χ0n) is 9.52. The molecule has 1 nitrogen and oxygen atoms in total. The summed E-state index contributed by atoms with van der Waals surface area (Å²) in [5.74, 6) is 1.04. The number of thioether (sulfide) groups is 1. The first-order valence-corrected chi connectivity index (χ1v) is 6.64. The lowest BCUT2D eigenvalue weighted by atomic mass is 10.1. The molecule has 0 aromatic heterocycles. The SMILES string of the molecule is CC(CN)SCc1cccc2ccccc12. The van der Waals surface area contributed by atoms with Gasteiger partial charge in [0, 0.05) is 17.5 Å². The van der Waals surface area contributed by atoms with E-state index in [0.29, 0.717) is 5.25 Å². The quantitative estimate of drug-likeness (QED) is 0.872. The molecule has 0 bridgehead atoms. The largest absolute Gasteiger partial charge is 0.329 e. The van der Waals surface area contributed by atoms with E-state index in [1.165, 1.54) is 16.3 Å². The molecule has 0 heterocycles. The first-order chi connectivity index (χ1) is 7.81. The molecule has 2 heteroatoms. The van der Waals surface area contributed by atoms with Crippen molar-refractivity contribution in [2.45, 2.75) is 17.9 Å². The van der Waals surface area contributed by atoms with Crippen LogP contribution in [-0.4, -0.2) is 11.8 Å². The van der Waals surface area contributed by atoms with Gasteiger partial charge < -0.3 is 5.73 Å². The summed E-state index contributed by atoms with van der Waals surface area (Å²) in [7, 11) is 0. The predicted molar refractivity (Wildman–Crippen MR) is 73.8 cm³/mol. The second-order valence-corrected chi connectivity index (χ2v) is 5.42. The van der Waals surface area contributed by atoms with E-state index in [9.17, 15) is 0 Å². The van der Waals surface area contributed by atoms with E-state index < -0.39 is 0 Å². The lowest BCUT2D eigenvalue weighted by Gasteiger charge is -2.10. The normalized spacial score (nSPS) is 12.9. The minimum absolute atomic E-state index is 0.527. The van der Waals surface area contributed by atoms with Crippen molar-refractivity contribution in [3.8, 4) is 0 Å². The molecule has 2 N–H and O–H groups in total. The van der Waals surface area contributed by atoms with Crippen LogP contribution < -0.4 is 5.73 Å². The summed E-state index contributed by atoms with van der Waals surface area (Å²) in [5.41, 5.74) is 7.03. The molecule has 2 rings (SSSR count). The van der Waals surface area contributed by atoms with Gasteiger partial charge in [-0.05, 0) is 16.3 Å². The Labute approximate surface area is 101 Å². The van der Waals surface area contributed by atoms with E-state index in [4.69, 9.17) is 5.73 Å². The van der Waals surface area contributed by atoms with Gasteiger partial charge in [-0.25, -0.2) is 0 Å². The average molecular weight is 231 g/mol. The maximum atomic E-state index is 5.63. The van der Waals surface area contributed by atoms with Crippen molar-refractivity contribution in [1.29, 1.82) is 0 Å². The van der Waals surface area contributed by atoms with E-state index in [1.807, 2.05) is 11.8 Å². The van der Waals surface area contributed by atoms with Gasteiger partial charge >= 0.3 is 0 Å². The summed E-state index contributed by atoms with van der Waals surface area (Å²) in [5, 5.41) is 3.21. The fraction of sp³-hybridized carbons (Fsp3) is 0.286. The molecular weight excluding hydrogens is 214 g/mol. The molecule has 1 atom stereocenters. The molecule has 16 heavy (non-hydrogen) atoms. The van der Waals surface area contributed by atoms with Crippen molar-refractivity contribution in [1.82, 2.24) is 0 Å². The van der Waals surface area contributed by atoms with Gasteiger partial charge in [0.15, 0.2) is 0 Å². The summed E-state index contributed by atoms with van der Waals surface area (Å²) in [6.45, 7) is 2.92. The van der Waals surface area contributed by atoms with Crippen molar-refractivity contribution in [2.75, 3.05) is 6.54 Å². The molecule has 0 aliphatic carbocycles. The Hall–Kier alpha value is -0.990. The Bertz CT molecular complexity index is 462. The van der Waals surface area contributed by atoms with E-state index in [1.54, 1.807) is 0 Å². The lowest BCUT2D eigenvalue weighted by molar-refractivity contribution is 0.951. The third kappa shape index (κ3) is 2.57. The third-order valence-corrected chi connectivity index (χ3v) is 3.97. The zero-order valence-corrected chi connectivity index (χ0v) is 10.3. The van der Waals surface area contributed by atoms with Crippen LogP contribution in [-0.2, 0) is 5.75 Å². The van der Waals surface area contributed by atoms with E-state index >= 15 is 0 Å². The van der Waals surface area contributed by atoms with Gasteiger partial charge in [0.05, 0.1) is 0 Å². The molecule has 0 amide bonds. The molecule has 0 aliphatic heterocycles. The van der Waals surface area contributed by atoms with Crippen LogP contribution in [0.5, 0.6) is 0 Å². The van der Waals surface area contributed by atoms with Gasteiger partial charge in [0.1, 0.15) is 0 Å². The molecule has 0 spiro atoms.